The van der Waals surface area contributed by atoms with Crippen LogP contribution in [0.15, 0.2) is 18.2 Å². The van der Waals surface area contributed by atoms with Crippen molar-refractivity contribution in [3.05, 3.63) is 34.9 Å². The van der Waals surface area contributed by atoms with Crippen molar-refractivity contribution >= 4 is 17.7 Å². The van der Waals surface area contributed by atoms with E-state index < -0.39 is 0 Å². The van der Waals surface area contributed by atoms with E-state index in [1.54, 1.807) is 0 Å². The van der Waals surface area contributed by atoms with E-state index in [0.717, 1.165) is 29.3 Å². The second kappa shape index (κ2) is 4.27. The van der Waals surface area contributed by atoms with E-state index in [4.69, 9.17) is 0 Å². The van der Waals surface area contributed by atoms with Gasteiger partial charge in [-0.3, -0.25) is 4.79 Å². The van der Waals surface area contributed by atoms with Crippen LogP contribution in [0, 0.1) is 13.8 Å². The van der Waals surface area contributed by atoms with E-state index in [1.807, 2.05) is 42.6 Å². The summed E-state index contributed by atoms with van der Waals surface area (Å²) in [4.78, 5) is 14.0. The zero-order chi connectivity index (χ0) is 10.8. The maximum absolute atomic E-state index is 12.1. The van der Waals surface area contributed by atoms with Crippen molar-refractivity contribution in [1.82, 2.24) is 4.90 Å². The quantitative estimate of drug-likeness (QED) is 0.726. The topological polar surface area (TPSA) is 20.3 Å². The molecule has 0 spiro atoms. The summed E-state index contributed by atoms with van der Waals surface area (Å²) in [5.41, 5.74) is 3.14. The Balaban J connectivity index is 2.24. The minimum atomic E-state index is 0.178. The van der Waals surface area contributed by atoms with Gasteiger partial charge in [-0.15, -0.1) is 11.8 Å². The molecular weight excluding hydrogens is 206 g/mol. The number of rotatable bonds is 1. The fourth-order valence-corrected chi connectivity index (χ4v) is 2.74. The van der Waals surface area contributed by atoms with Crippen LogP contribution < -0.4 is 0 Å². The molecule has 0 N–H and O–H groups in total. The first kappa shape index (κ1) is 10.6. The average molecular weight is 221 g/mol. The van der Waals surface area contributed by atoms with Gasteiger partial charge in [-0.25, -0.2) is 0 Å². The lowest BCUT2D eigenvalue weighted by Gasteiger charge is -2.16. The predicted octanol–water partition coefficient (Wildman–Crippen LogP) is 2.45. The van der Waals surface area contributed by atoms with Crippen molar-refractivity contribution in [3.63, 3.8) is 0 Å². The Hall–Kier alpha value is -0.960. The van der Waals surface area contributed by atoms with Crippen LogP contribution in [-0.2, 0) is 0 Å². The third kappa shape index (κ3) is 2.17. The molecule has 2 nitrogen and oxygen atoms in total. The SMILES string of the molecule is Cc1ccc(C(=O)N2CCSC2)c(C)c1. The number of hydrogen-bond acceptors (Lipinski definition) is 2. The third-order valence-electron chi connectivity index (χ3n) is 2.65. The summed E-state index contributed by atoms with van der Waals surface area (Å²) >= 11 is 1.82. The molecule has 0 bridgehead atoms. The second-order valence-electron chi connectivity index (χ2n) is 3.92. The van der Waals surface area contributed by atoms with Gasteiger partial charge < -0.3 is 4.90 Å². The number of thioether (sulfide) groups is 1. The van der Waals surface area contributed by atoms with Crippen molar-refractivity contribution in [2.45, 2.75) is 13.8 Å². The molecule has 0 saturated carbocycles. The van der Waals surface area contributed by atoms with Gasteiger partial charge in [0.15, 0.2) is 0 Å². The number of aryl methyl sites for hydroxylation is 2. The van der Waals surface area contributed by atoms with E-state index in [2.05, 4.69) is 6.07 Å². The largest absolute Gasteiger partial charge is 0.329 e. The van der Waals surface area contributed by atoms with Crippen molar-refractivity contribution in [3.8, 4) is 0 Å². The van der Waals surface area contributed by atoms with Crippen molar-refractivity contribution in [1.29, 1.82) is 0 Å². The van der Waals surface area contributed by atoms with Crippen LogP contribution in [0.3, 0.4) is 0 Å². The summed E-state index contributed by atoms with van der Waals surface area (Å²) in [5, 5.41) is 0. The van der Waals surface area contributed by atoms with E-state index >= 15 is 0 Å². The van der Waals surface area contributed by atoms with Crippen LogP contribution in [0.5, 0.6) is 0 Å². The Kier molecular flexibility index (Phi) is 3.00. The number of hydrogen-bond donors (Lipinski definition) is 0. The molecule has 0 aliphatic carbocycles. The highest BCUT2D eigenvalue weighted by molar-refractivity contribution is 7.99. The fourth-order valence-electron chi connectivity index (χ4n) is 1.80. The number of carbonyl (C=O) groups excluding carboxylic acids is 1. The van der Waals surface area contributed by atoms with Gasteiger partial charge in [-0.05, 0) is 25.5 Å². The standard InChI is InChI=1S/C12H15NOS/c1-9-3-4-11(10(2)7-9)12(14)13-5-6-15-8-13/h3-4,7H,5-6,8H2,1-2H3. The van der Waals surface area contributed by atoms with Crippen molar-refractivity contribution in [2.24, 2.45) is 0 Å². The van der Waals surface area contributed by atoms with E-state index in [1.165, 1.54) is 5.56 Å². The van der Waals surface area contributed by atoms with E-state index in [9.17, 15) is 4.79 Å². The summed E-state index contributed by atoms with van der Waals surface area (Å²) in [6.45, 7) is 4.94. The molecule has 80 valence electrons. The highest BCUT2D eigenvalue weighted by Gasteiger charge is 2.20. The molecule has 0 radical (unpaired) electrons. The molecule has 1 aromatic carbocycles. The monoisotopic (exact) mass is 221 g/mol. The number of carbonyl (C=O) groups is 1. The Morgan fingerprint density at radius 3 is 2.80 bits per heavy atom. The molecule has 2 rings (SSSR count). The molecule has 1 fully saturated rings. The maximum Gasteiger partial charge on any atom is 0.254 e. The second-order valence-corrected chi connectivity index (χ2v) is 5.00. The van der Waals surface area contributed by atoms with Gasteiger partial charge in [0, 0.05) is 17.9 Å². The van der Waals surface area contributed by atoms with Gasteiger partial charge >= 0.3 is 0 Å². The average Bonchev–Trinajstić information content (AvgIpc) is 2.69. The molecule has 1 saturated heterocycles. The van der Waals surface area contributed by atoms with Gasteiger partial charge in [-0.1, -0.05) is 17.7 Å². The molecule has 1 heterocycles. The van der Waals surface area contributed by atoms with Crippen LogP contribution in [0.2, 0.25) is 0 Å². The number of benzene rings is 1. The summed E-state index contributed by atoms with van der Waals surface area (Å²) in [5.74, 6) is 2.08. The first-order chi connectivity index (χ1) is 7.18. The number of amides is 1. The van der Waals surface area contributed by atoms with Crippen LogP contribution >= 0.6 is 11.8 Å². The van der Waals surface area contributed by atoms with Gasteiger partial charge in [-0.2, -0.15) is 0 Å². The minimum absolute atomic E-state index is 0.178. The third-order valence-corrected chi connectivity index (χ3v) is 3.62. The van der Waals surface area contributed by atoms with E-state index in [-0.39, 0.29) is 5.91 Å². The molecule has 1 aliphatic heterocycles. The minimum Gasteiger partial charge on any atom is -0.329 e. The highest BCUT2D eigenvalue weighted by atomic mass is 32.2. The lowest BCUT2D eigenvalue weighted by molar-refractivity contribution is 0.0802. The molecule has 3 heteroatoms. The van der Waals surface area contributed by atoms with Gasteiger partial charge in [0.2, 0.25) is 0 Å². The van der Waals surface area contributed by atoms with Gasteiger partial charge in [0.05, 0.1) is 5.88 Å². The zero-order valence-corrected chi connectivity index (χ0v) is 9.93. The van der Waals surface area contributed by atoms with Crippen LogP contribution in [0.1, 0.15) is 21.5 Å². The Morgan fingerprint density at radius 2 is 2.20 bits per heavy atom. The first-order valence-corrected chi connectivity index (χ1v) is 6.28. The molecule has 0 unspecified atom stereocenters. The highest BCUT2D eigenvalue weighted by Crippen LogP contribution is 2.19. The van der Waals surface area contributed by atoms with Crippen LogP contribution in [0.4, 0.5) is 0 Å². The summed E-state index contributed by atoms with van der Waals surface area (Å²) in [6.07, 6.45) is 0. The van der Waals surface area contributed by atoms with Gasteiger partial charge in [0.25, 0.3) is 5.91 Å². The Morgan fingerprint density at radius 1 is 1.40 bits per heavy atom. The Bertz CT molecular complexity index is 383. The molecule has 15 heavy (non-hydrogen) atoms. The molecular formula is C12H15NOS. The lowest BCUT2D eigenvalue weighted by atomic mass is 10.0. The molecule has 1 amide bonds. The fraction of sp³-hybridized carbons (Fsp3) is 0.417. The van der Waals surface area contributed by atoms with Crippen LogP contribution in [0.25, 0.3) is 0 Å². The predicted molar refractivity (Wildman–Crippen MR) is 64.3 cm³/mol. The number of nitrogens with zero attached hydrogens (tertiary/aromatic N) is 1. The van der Waals surface area contributed by atoms with Crippen LogP contribution in [-0.4, -0.2) is 29.0 Å². The van der Waals surface area contributed by atoms with Crippen molar-refractivity contribution < 1.29 is 4.79 Å². The van der Waals surface area contributed by atoms with E-state index in [0.29, 0.717) is 0 Å². The van der Waals surface area contributed by atoms with Gasteiger partial charge in [0.1, 0.15) is 0 Å². The summed E-state index contributed by atoms with van der Waals surface area (Å²) in [6, 6.07) is 6.01. The molecule has 0 atom stereocenters. The summed E-state index contributed by atoms with van der Waals surface area (Å²) < 4.78 is 0. The molecule has 1 aromatic rings. The normalized spacial score (nSPS) is 15.7. The maximum atomic E-state index is 12.1. The summed E-state index contributed by atoms with van der Waals surface area (Å²) in [7, 11) is 0. The first-order valence-electron chi connectivity index (χ1n) is 5.13. The smallest absolute Gasteiger partial charge is 0.254 e. The van der Waals surface area contributed by atoms with Crippen molar-refractivity contribution in [2.75, 3.05) is 18.2 Å². The molecule has 1 aliphatic rings. The zero-order valence-electron chi connectivity index (χ0n) is 9.12. The molecule has 0 aromatic heterocycles. The lowest BCUT2D eigenvalue weighted by Crippen LogP contribution is -2.28. The Labute approximate surface area is 94.7 Å².